The summed E-state index contributed by atoms with van der Waals surface area (Å²) < 4.78 is 0. The molecule has 1 heteroatoms. The lowest BCUT2D eigenvalue weighted by Gasteiger charge is -2.32. The molecule has 0 saturated heterocycles. The fourth-order valence-corrected chi connectivity index (χ4v) is 3.39. The zero-order valence-corrected chi connectivity index (χ0v) is 15.5. The first kappa shape index (κ1) is 19.2. The highest BCUT2D eigenvalue weighted by molar-refractivity contribution is 5.14. The maximum atomic E-state index is 2.64. The summed E-state index contributed by atoms with van der Waals surface area (Å²) in [5, 5.41) is 0. The number of aryl methyl sites for hydroxylation is 1. The van der Waals surface area contributed by atoms with E-state index in [4.69, 9.17) is 0 Å². The molecular weight excluding hydrogens is 266 g/mol. The van der Waals surface area contributed by atoms with Gasteiger partial charge in [0.1, 0.15) is 0 Å². The van der Waals surface area contributed by atoms with Crippen LogP contribution in [0, 0.1) is 5.92 Å². The van der Waals surface area contributed by atoms with Crippen molar-refractivity contribution in [2.75, 3.05) is 6.54 Å². The zero-order valence-electron chi connectivity index (χ0n) is 15.5. The van der Waals surface area contributed by atoms with Crippen LogP contribution in [0.15, 0.2) is 30.3 Å². The van der Waals surface area contributed by atoms with Gasteiger partial charge in [0.25, 0.3) is 0 Å². The van der Waals surface area contributed by atoms with E-state index in [9.17, 15) is 0 Å². The zero-order chi connectivity index (χ0) is 16.4. The molecule has 22 heavy (non-hydrogen) atoms. The highest BCUT2D eigenvalue weighted by atomic mass is 15.2. The molecular formula is C21H37N. The molecule has 0 amide bonds. The lowest BCUT2D eigenvalue weighted by atomic mass is 9.91. The molecule has 0 aromatic heterocycles. The summed E-state index contributed by atoms with van der Waals surface area (Å²) >= 11 is 0. The smallest absolute Gasteiger partial charge is 0.00412 e. The SMILES string of the molecule is CCCCC(CCc1ccccc1)CCN(C(C)C)C(C)C. The Morgan fingerprint density at radius 2 is 1.50 bits per heavy atom. The summed E-state index contributed by atoms with van der Waals surface area (Å²) in [6, 6.07) is 12.3. The van der Waals surface area contributed by atoms with E-state index in [-0.39, 0.29) is 0 Å². The van der Waals surface area contributed by atoms with E-state index in [2.05, 4.69) is 69.9 Å². The average molecular weight is 304 g/mol. The summed E-state index contributed by atoms with van der Waals surface area (Å²) in [6.45, 7) is 12.9. The molecule has 1 nitrogen and oxygen atoms in total. The minimum atomic E-state index is 0.654. The van der Waals surface area contributed by atoms with E-state index >= 15 is 0 Å². The Morgan fingerprint density at radius 1 is 0.864 bits per heavy atom. The first-order valence-electron chi connectivity index (χ1n) is 9.34. The first-order valence-corrected chi connectivity index (χ1v) is 9.34. The molecule has 0 aliphatic rings. The van der Waals surface area contributed by atoms with Gasteiger partial charge in [0.05, 0.1) is 0 Å². The fraction of sp³-hybridized carbons (Fsp3) is 0.714. The third-order valence-electron chi connectivity index (χ3n) is 4.77. The van der Waals surface area contributed by atoms with Gasteiger partial charge >= 0.3 is 0 Å². The van der Waals surface area contributed by atoms with Gasteiger partial charge in [0, 0.05) is 12.1 Å². The number of benzene rings is 1. The monoisotopic (exact) mass is 303 g/mol. The molecule has 126 valence electrons. The topological polar surface area (TPSA) is 3.24 Å². The quantitative estimate of drug-likeness (QED) is 0.489. The third-order valence-corrected chi connectivity index (χ3v) is 4.77. The number of hydrogen-bond donors (Lipinski definition) is 0. The predicted molar refractivity (Wildman–Crippen MR) is 99.4 cm³/mol. The molecule has 0 spiro atoms. The third kappa shape index (κ3) is 7.45. The summed E-state index contributed by atoms with van der Waals surface area (Å²) in [5.74, 6) is 0.875. The number of hydrogen-bond acceptors (Lipinski definition) is 1. The summed E-state index contributed by atoms with van der Waals surface area (Å²) in [6.07, 6.45) is 8.02. The van der Waals surface area contributed by atoms with Crippen LogP contribution in [0.5, 0.6) is 0 Å². The van der Waals surface area contributed by atoms with Crippen LogP contribution in [0.25, 0.3) is 0 Å². The maximum Gasteiger partial charge on any atom is 0.00412 e. The number of nitrogens with zero attached hydrogens (tertiary/aromatic N) is 1. The molecule has 1 atom stereocenters. The normalized spacial score (nSPS) is 13.3. The maximum absolute atomic E-state index is 2.64. The molecule has 0 N–H and O–H groups in total. The van der Waals surface area contributed by atoms with Crippen LogP contribution in [0.3, 0.4) is 0 Å². The first-order chi connectivity index (χ1) is 10.5. The van der Waals surface area contributed by atoms with E-state index in [1.165, 1.54) is 50.6 Å². The van der Waals surface area contributed by atoms with Gasteiger partial charge in [0.15, 0.2) is 0 Å². The van der Waals surface area contributed by atoms with Crippen molar-refractivity contribution < 1.29 is 0 Å². The molecule has 0 heterocycles. The van der Waals surface area contributed by atoms with Crippen LogP contribution in [-0.2, 0) is 6.42 Å². The van der Waals surface area contributed by atoms with E-state index in [1.807, 2.05) is 0 Å². The van der Waals surface area contributed by atoms with Gasteiger partial charge in [-0.2, -0.15) is 0 Å². The summed E-state index contributed by atoms with van der Waals surface area (Å²) in [4.78, 5) is 2.64. The lowest BCUT2D eigenvalue weighted by molar-refractivity contribution is 0.159. The minimum Gasteiger partial charge on any atom is -0.299 e. The van der Waals surface area contributed by atoms with Crippen molar-refractivity contribution in [2.45, 2.75) is 85.2 Å². The second-order valence-corrected chi connectivity index (χ2v) is 7.25. The van der Waals surface area contributed by atoms with E-state index in [0.29, 0.717) is 12.1 Å². The molecule has 0 saturated carbocycles. The summed E-state index contributed by atoms with van der Waals surface area (Å²) in [7, 11) is 0. The molecule has 1 aromatic rings. The highest BCUT2D eigenvalue weighted by Gasteiger charge is 2.16. The van der Waals surface area contributed by atoms with Crippen LogP contribution in [0.1, 0.15) is 72.3 Å². The van der Waals surface area contributed by atoms with Gasteiger partial charge in [-0.15, -0.1) is 0 Å². The van der Waals surface area contributed by atoms with Gasteiger partial charge in [-0.3, -0.25) is 4.90 Å². The molecule has 1 unspecified atom stereocenters. The molecule has 1 rings (SSSR count). The van der Waals surface area contributed by atoms with Gasteiger partial charge < -0.3 is 0 Å². The minimum absolute atomic E-state index is 0.654. The van der Waals surface area contributed by atoms with Crippen LogP contribution in [-0.4, -0.2) is 23.5 Å². The van der Waals surface area contributed by atoms with Gasteiger partial charge in [-0.1, -0.05) is 56.5 Å². The largest absolute Gasteiger partial charge is 0.299 e. The lowest BCUT2D eigenvalue weighted by Crippen LogP contribution is -2.38. The number of rotatable bonds is 11. The van der Waals surface area contributed by atoms with Crippen LogP contribution >= 0.6 is 0 Å². The Hall–Kier alpha value is -0.820. The van der Waals surface area contributed by atoms with Gasteiger partial charge in [-0.05, 0) is 65.0 Å². The Bertz CT molecular complexity index is 361. The van der Waals surface area contributed by atoms with Crippen LogP contribution in [0.2, 0.25) is 0 Å². The molecule has 0 fully saturated rings. The number of unbranched alkanes of at least 4 members (excludes halogenated alkanes) is 1. The molecule has 0 bridgehead atoms. The standard InChI is InChI=1S/C21H37N/c1-6-7-11-21(15-14-20-12-9-8-10-13-20)16-17-22(18(2)3)19(4)5/h8-10,12-13,18-19,21H,6-7,11,14-17H2,1-5H3. The van der Waals surface area contributed by atoms with Crippen LogP contribution < -0.4 is 0 Å². The van der Waals surface area contributed by atoms with Crippen molar-refractivity contribution in [3.8, 4) is 0 Å². The van der Waals surface area contributed by atoms with Crippen molar-refractivity contribution >= 4 is 0 Å². The van der Waals surface area contributed by atoms with E-state index < -0.39 is 0 Å². The van der Waals surface area contributed by atoms with E-state index in [1.54, 1.807) is 0 Å². The van der Waals surface area contributed by atoms with Crippen molar-refractivity contribution in [1.29, 1.82) is 0 Å². The van der Waals surface area contributed by atoms with Crippen LogP contribution in [0.4, 0.5) is 0 Å². The predicted octanol–water partition coefficient (Wildman–Crippen LogP) is 5.93. The van der Waals surface area contributed by atoms with Gasteiger partial charge in [0.2, 0.25) is 0 Å². The van der Waals surface area contributed by atoms with Crippen molar-refractivity contribution in [3.63, 3.8) is 0 Å². The van der Waals surface area contributed by atoms with Crippen molar-refractivity contribution in [3.05, 3.63) is 35.9 Å². The Labute approximate surface area is 139 Å². The fourth-order valence-electron chi connectivity index (χ4n) is 3.39. The second-order valence-electron chi connectivity index (χ2n) is 7.25. The summed E-state index contributed by atoms with van der Waals surface area (Å²) in [5.41, 5.74) is 1.49. The Morgan fingerprint density at radius 3 is 2.05 bits per heavy atom. The van der Waals surface area contributed by atoms with E-state index in [0.717, 1.165) is 5.92 Å². The van der Waals surface area contributed by atoms with Gasteiger partial charge in [-0.25, -0.2) is 0 Å². The molecule has 0 aliphatic carbocycles. The highest BCUT2D eigenvalue weighted by Crippen LogP contribution is 2.21. The molecule has 1 aromatic carbocycles. The Balaban J connectivity index is 2.49. The van der Waals surface area contributed by atoms with Crippen molar-refractivity contribution in [1.82, 2.24) is 4.90 Å². The van der Waals surface area contributed by atoms with Crippen molar-refractivity contribution in [2.24, 2.45) is 5.92 Å². The molecule has 0 radical (unpaired) electrons. The molecule has 0 aliphatic heterocycles. The Kier molecular flexibility index (Phi) is 9.47. The average Bonchev–Trinajstić information content (AvgIpc) is 2.49. The second kappa shape index (κ2) is 10.8.